The van der Waals surface area contributed by atoms with Crippen LogP contribution >= 0.6 is 34.5 Å². The second-order valence-electron chi connectivity index (χ2n) is 7.97. The molecule has 0 spiro atoms. The van der Waals surface area contributed by atoms with Crippen LogP contribution in [0.25, 0.3) is 11.8 Å². The highest BCUT2D eigenvalue weighted by atomic mass is 35.5. The summed E-state index contributed by atoms with van der Waals surface area (Å²) in [7, 11) is 0. The van der Waals surface area contributed by atoms with Crippen LogP contribution in [0.3, 0.4) is 0 Å². The van der Waals surface area contributed by atoms with Crippen LogP contribution in [0.1, 0.15) is 55.7 Å². The van der Waals surface area contributed by atoms with Gasteiger partial charge in [-0.1, -0.05) is 49.0 Å². The van der Waals surface area contributed by atoms with Crippen molar-refractivity contribution in [1.29, 1.82) is 5.41 Å². The highest BCUT2D eigenvalue weighted by molar-refractivity contribution is 7.14. The van der Waals surface area contributed by atoms with Gasteiger partial charge < -0.3 is 16.0 Å². The van der Waals surface area contributed by atoms with Gasteiger partial charge in [-0.05, 0) is 68.2 Å². The highest BCUT2D eigenvalue weighted by Gasteiger charge is 2.25. The van der Waals surface area contributed by atoms with Gasteiger partial charge in [0.1, 0.15) is 0 Å². The summed E-state index contributed by atoms with van der Waals surface area (Å²) < 4.78 is 0. The number of benzene rings is 1. The van der Waals surface area contributed by atoms with Gasteiger partial charge in [-0.2, -0.15) is 0 Å². The molecule has 1 saturated carbocycles. The van der Waals surface area contributed by atoms with Gasteiger partial charge in [0.15, 0.2) is 0 Å². The number of unbranched alkanes of at least 4 members (excludes halogenated alkanes) is 1. The average Bonchev–Trinajstić information content (AvgIpc) is 3.18. The molecule has 0 saturated heterocycles. The maximum atomic E-state index is 12.2. The maximum Gasteiger partial charge on any atom is 0.223 e. The topological polar surface area (TPSA) is 65.0 Å². The zero-order valence-corrected chi connectivity index (χ0v) is 20.8. The lowest BCUT2D eigenvalue weighted by atomic mass is 9.85. The lowest BCUT2D eigenvalue weighted by molar-refractivity contribution is -0.127. The van der Waals surface area contributed by atoms with E-state index in [4.69, 9.17) is 28.6 Å². The van der Waals surface area contributed by atoms with Gasteiger partial charge in [0.2, 0.25) is 5.91 Å². The Labute approximate surface area is 204 Å². The quantitative estimate of drug-likeness (QED) is 0.300. The van der Waals surface area contributed by atoms with Crippen molar-refractivity contribution in [3.8, 4) is 0 Å². The summed E-state index contributed by atoms with van der Waals surface area (Å²) in [4.78, 5) is 14.4. The molecule has 1 fully saturated rings. The van der Waals surface area contributed by atoms with E-state index in [0.29, 0.717) is 21.4 Å². The van der Waals surface area contributed by atoms with Crippen molar-refractivity contribution in [3.63, 3.8) is 0 Å². The Morgan fingerprint density at radius 3 is 2.69 bits per heavy atom. The number of hydrogen-bond donors (Lipinski definition) is 3. The van der Waals surface area contributed by atoms with E-state index in [0.717, 1.165) is 53.1 Å². The fourth-order valence-electron chi connectivity index (χ4n) is 3.28. The van der Waals surface area contributed by atoms with Crippen molar-refractivity contribution in [2.45, 2.75) is 46.0 Å². The molecule has 0 unspecified atom stereocenters. The molecule has 7 heteroatoms. The van der Waals surface area contributed by atoms with Gasteiger partial charge >= 0.3 is 0 Å². The van der Waals surface area contributed by atoms with Gasteiger partial charge in [-0.25, -0.2) is 0 Å². The lowest BCUT2D eigenvalue weighted by Gasteiger charge is -2.24. The number of amides is 1. The van der Waals surface area contributed by atoms with Crippen LogP contribution in [0.2, 0.25) is 10.0 Å². The van der Waals surface area contributed by atoms with E-state index in [1.807, 2.05) is 19.1 Å². The summed E-state index contributed by atoms with van der Waals surface area (Å²) in [6.07, 6.45) is 9.45. The van der Waals surface area contributed by atoms with Crippen LogP contribution in [0.5, 0.6) is 0 Å². The molecular weight excluding hydrogens is 461 g/mol. The standard InChI is InChI=1S/C25H29Cl2N3OS/c1-3-4-5-9-19-11-13-23(32-19)24(30-22-12-10-18(26)14-20(22)27)16(2)21(28)15-29-25(31)17-7-6-8-17/h5,9-14,17,28,30H,3-4,6-8,15H2,1-2H3,(H,29,31)/b9-5+,24-16-,28-21?. The number of nitrogens with one attached hydrogen (secondary N) is 3. The first-order valence-corrected chi connectivity index (χ1v) is 12.5. The first-order chi connectivity index (χ1) is 15.4. The predicted octanol–water partition coefficient (Wildman–Crippen LogP) is 7.65. The van der Waals surface area contributed by atoms with E-state index in [1.54, 1.807) is 23.5 Å². The number of anilines is 1. The molecule has 1 amide bonds. The van der Waals surface area contributed by atoms with Gasteiger partial charge in [0.05, 0.1) is 33.5 Å². The molecule has 0 aliphatic heterocycles. The minimum absolute atomic E-state index is 0.0449. The van der Waals surface area contributed by atoms with Crippen molar-refractivity contribution < 1.29 is 4.79 Å². The molecule has 2 aromatic rings. The van der Waals surface area contributed by atoms with Gasteiger partial charge in [-0.3, -0.25) is 4.79 Å². The number of allylic oxidation sites excluding steroid dienone is 1. The third-order valence-electron chi connectivity index (χ3n) is 5.54. The van der Waals surface area contributed by atoms with E-state index >= 15 is 0 Å². The third kappa shape index (κ3) is 6.47. The van der Waals surface area contributed by atoms with Crippen LogP contribution in [0.4, 0.5) is 5.69 Å². The molecule has 170 valence electrons. The van der Waals surface area contributed by atoms with E-state index < -0.39 is 0 Å². The van der Waals surface area contributed by atoms with E-state index in [2.05, 4.69) is 35.8 Å². The molecule has 0 atom stereocenters. The fraction of sp³-hybridized carbons (Fsp3) is 0.360. The number of hydrogen-bond acceptors (Lipinski definition) is 4. The van der Waals surface area contributed by atoms with Crippen LogP contribution in [0.15, 0.2) is 42.0 Å². The average molecular weight is 491 g/mol. The van der Waals surface area contributed by atoms with Crippen LogP contribution in [0, 0.1) is 11.3 Å². The number of rotatable bonds is 10. The molecule has 0 radical (unpaired) electrons. The second-order valence-corrected chi connectivity index (χ2v) is 9.93. The Kier molecular flexibility index (Phi) is 8.97. The van der Waals surface area contributed by atoms with Gasteiger partial charge in [0.25, 0.3) is 0 Å². The van der Waals surface area contributed by atoms with Crippen molar-refractivity contribution in [2.24, 2.45) is 5.92 Å². The van der Waals surface area contributed by atoms with Gasteiger partial charge in [0, 0.05) is 15.8 Å². The second kappa shape index (κ2) is 11.7. The summed E-state index contributed by atoms with van der Waals surface area (Å²) in [5.41, 5.74) is 2.64. The normalized spacial score (nSPS) is 14.8. The Hall–Kier alpha value is -2.08. The molecule has 3 rings (SSSR count). The fourth-order valence-corrected chi connectivity index (χ4v) is 4.73. The number of carbonyl (C=O) groups excluding carboxylic acids is 1. The minimum Gasteiger partial charge on any atom is -0.353 e. The largest absolute Gasteiger partial charge is 0.353 e. The molecule has 1 aliphatic carbocycles. The number of carbonyl (C=O) groups is 1. The summed E-state index contributed by atoms with van der Waals surface area (Å²) in [6, 6.07) is 9.42. The Bertz CT molecular complexity index is 1040. The SMILES string of the molecule is CCC/C=C/c1ccc(/C(Nc2ccc(Cl)cc2Cl)=C(\C)C(=N)CNC(=O)C2CCC2)s1. The lowest BCUT2D eigenvalue weighted by Crippen LogP contribution is -2.37. The molecular formula is C25H29Cl2N3OS. The van der Waals surface area contributed by atoms with Crippen molar-refractivity contribution in [3.05, 3.63) is 61.8 Å². The first kappa shape index (κ1) is 24.6. The van der Waals surface area contributed by atoms with E-state index in [9.17, 15) is 4.79 Å². The minimum atomic E-state index is 0.0449. The first-order valence-electron chi connectivity index (χ1n) is 10.9. The van der Waals surface area contributed by atoms with Crippen LogP contribution < -0.4 is 10.6 Å². The van der Waals surface area contributed by atoms with Crippen molar-refractivity contribution in [1.82, 2.24) is 5.32 Å². The van der Waals surface area contributed by atoms with E-state index in [-0.39, 0.29) is 18.4 Å². The molecule has 4 nitrogen and oxygen atoms in total. The Balaban J connectivity index is 1.86. The number of thiophene rings is 1. The highest BCUT2D eigenvalue weighted by Crippen LogP contribution is 2.33. The third-order valence-corrected chi connectivity index (χ3v) is 7.16. The molecule has 3 N–H and O–H groups in total. The predicted molar refractivity (Wildman–Crippen MR) is 139 cm³/mol. The van der Waals surface area contributed by atoms with Crippen LogP contribution in [-0.2, 0) is 4.79 Å². The Morgan fingerprint density at radius 2 is 2.03 bits per heavy atom. The molecule has 0 bridgehead atoms. The van der Waals surface area contributed by atoms with E-state index in [1.165, 1.54) is 0 Å². The summed E-state index contributed by atoms with van der Waals surface area (Å²) in [5, 5.41) is 16.0. The van der Waals surface area contributed by atoms with Crippen molar-refractivity contribution in [2.75, 3.05) is 11.9 Å². The summed E-state index contributed by atoms with van der Waals surface area (Å²) in [6.45, 7) is 4.26. The summed E-state index contributed by atoms with van der Waals surface area (Å²) in [5.74, 6) is 0.149. The monoisotopic (exact) mass is 489 g/mol. The smallest absolute Gasteiger partial charge is 0.223 e. The maximum absolute atomic E-state index is 12.2. The van der Waals surface area contributed by atoms with Crippen LogP contribution in [-0.4, -0.2) is 18.2 Å². The number of halogens is 2. The molecule has 1 aromatic carbocycles. The zero-order chi connectivity index (χ0) is 23.1. The molecule has 1 aliphatic rings. The molecule has 32 heavy (non-hydrogen) atoms. The summed E-state index contributed by atoms with van der Waals surface area (Å²) >= 11 is 14.1. The zero-order valence-electron chi connectivity index (χ0n) is 18.4. The van der Waals surface area contributed by atoms with Crippen molar-refractivity contribution >= 4 is 63.6 Å². The Morgan fingerprint density at radius 1 is 1.25 bits per heavy atom. The molecule has 1 heterocycles. The van der Waals surface area contributed by atoms with Gasteiger partial charge in [-0.15, -0.1) is 11.3 Å². The molecule has 1 aromatic heterocycles.